The standard InChI is InChI=1S/C16H26N4O2/c1-19(10-15-17-16(22-18-15)13-2-3-13)14-4-6-20(9-14)8-12-5-7-21-11-12/h12-14H,2-11H2,1H3/t12-,14-/m1/s1. The van der Waals surface area contributed by atoms with Crippen LogP contribution in [0.5, 0.6) is 0 Å². The third-order valence-corrected chi connectivity index (χ3v) is 5.21. The van der Waals surface area contributed by atoms with Gasteiger partial charge >= 0.3 is 0 Å². The summed E-state index contributed by atoms with van der Waals surface area (Å²) < 4.78 is 10.8. The Labute approximate surface area is 131 Å². The lowest BCUT2D eigenvalue weighted by Crippen LogP contribution is -2.35. The Morgan fingerprint density at radius 3 is 2.95 bits per heavy atom. The van der Waals surface area contributed by atoms with E-state index < -0.39 is 0 Å². The van der Waals surface area contributed by atoms with E-state index >= 15 is 0 Å². The van der Waals surface area contributed by atoms with E-state index in [2.05, 4.69) is 27.0 Å². The normalized spacial score (nSPS) is 29.7. The molecule has 2 saturated heterocycles. The zero-order chi connectivity index (χ0) is 14.9. The van der Waals surface area contributed by atoms with E-state index in [1.807, 2.05) is 0 Å². The van der Waals surface area contributed by atoms with Crippen molar-refractivity contribution in [3.05, 3.63) is 11.7 Å². The summed E-state index contributed by atoms with van der Waals surface area (Å²) >= 11 is 0. The van der Waals surface area contributed by atoms with Gasteiger partial charge in [-0.25, -0.2) is 0 Å². The number of rotatable bonds is 6. The minimum atomic E-state index is 0.544. The molecule has 6 heteroatoms. The third-order valence-electron chi connectivity index (χ3n) is 5.21. The van der Waals surface area contributed by atoms with Crippen LogP contribution in [0.15, 0.2) is 4.52 Å². The van der Waals surface area contributed by atoms with Crippen molar-refractivity contribution >= 4 is 0 Å². The zero-order valence-electron chi connectivity index (χ0n) is 13.4. The molecule has 1 saturated carbocycles. The predicted octanol–water partition coefficient (Wildman–Crippen LogP) is 1.49. The smallest absolute Gasteiger partial charge is 0.229 e. The molecule has 2 aliphatic heterocycles. The number of likely N-dealkylation sites (N-methyl/N-ethyl adjacent to an activating group) is 1. The highest BCUT2D eigenvalue weighted by molar-refractivity contribution is 5.01. The molecule has 4 rings (SSSR count). The molecule has 3 fully saturated rings. The number of likely N-dealkylation sites (tertiary alicyclic amines) is 1. The minimum Gasteiger partial charge on any atom is -0.381 e. The highest BCUT2D eigenvalue weighted by Crippen LogP contribution is 2.38. The zero-order valence-corrected chi connectivity index (χ0v) is 13.4. The highest BCUT2D eigenvalue weighted by atomic mass is 16.5. The van der Waals surface area contributed by atoms with Crippen LogP contribution in [0, 0.1) is 5.92 Å². The van der Waals surface area contributed by atoms with Crippen molar-refractivity contribution in [2.45, 2.75) is 44.2 Å². The van der Waals surface area contributed by atoms with E-state index in [0.717, 1.165) is 43.9 Å². The van der Waals surface area contributed by atoms with Crippen LogP contribution in [0.25, 0.3) is 0 Å². The van der Waals surface area contributed by atoms with Gasteiger partial charge in [0.15, 0.2) is 5.82 Å². The molecule has 3 heterocycles. The Balaban J connectivity index is 1.26. The van der Waals surface area contributed by atoms with E-state index in [0.29, 0.717) is 12.0 Å². The molecule has 1 aromatic rings. The molecule has 0 radical (unpaired) electrons. The van der Waals surface area contributed by atoms with Crippen LogP contribution < -0.4 is 0 Å². The minimum absolute atomic E-state index is 0.544. The first kappa shape index (κ1) is 14.6. The molecule has 22 heavy (non-hydrogen) atoms. The van der Waals surface area contributed by atoms with Gasteiger partial charge in [-0.05, 0) is 45.2 Å². The first-order valence-electron chi connectivity index (χ1n) is 8.61. The number of nitrogens with zero attached hydrogens (tertiary/aromatic N) is 4. The molecule has 0 amide bonds. The number of ether oxygens (including phenoxy) is 1. The summed E-state index contributed by atoms with van der Waals surface area (Å²) in [5.41, 5.74) is 0. The van der Waals surface area contributed by atoms with E-state index in [1.54, 1.807) is 0 Å². The molecule has 0 unspecified atom stereocenters. The largest absolute Gasteiger partial charge is 0.381 e. The molecule has 3 aliphatic rings. The van der Waals surface area contributed by atoms with E-state index in [4.69, 9.17) is 9.26 Å². The van der Waals surface area contributed by atoms with Crippen LogP contribution in [0.4, 0.5) is 0 Å². The Bertz CT molecular complexity index is 496. The van der Waals surface area contributed by atoms with Crippen LogP contribution in [0.1, 0.15) is 43.3 Å². The molecule has 0 N–H and O–H groups in total. The fraction of sp³-hybridized carbons (Fsp3) is 0.875. The Kier molecular flexibility index (Phi) is 4.15. The predicted molar refractivity (Wildman–Crippen MR) is 81.5 cm³/mol. The average Bonchev–Trinajstić information content (AvgIpc) is 2.96. The molecule has 0 aromatic carbocycles. The van der Waals surface area contributed by atoms with Crippen LogP contribution in [0.2, 0.25) is 0 Å². The van der Waals surface area contributed by atoms with Gasteiger partial charge in [-0.2, -0.15) is 4.98 Å². The van der Waals surface area contributed by atoms with Gasteiger partial charge in [-0.3, -0.25) is 4.90 Å². The molecule has 1 aliphatic carbocycles. The summed E-state index contributed by atoms with van der Waals surface area (Å²) in [5, 5.41) is 4.13. The van der Waals surface area contributed by atoms with Crippen LogP contribution >= 0.6 is 0 Å². The molecule has 6 nitrogen and oxygen atoms in total. The first-order valence-corrected chi connectivity index (χ1v) is 8.61. The lowest BCUT2D eigenvalue weighted by molar-refractivity contribution is 0.168. The van der Waals surface area contributed by atoms with Crippen molar-refractivity contribution in [2.24, 2.45) is 5.92 Å². The average molecular weight is 306 g/mol. The molecule has 0 bridgehead atoms. The lowest BCUT2D eigenvalue weighted by atomic mass is 10.1. The SMILES string of the molecule is CN(Cc1noc(C2CC2)n1)[C@@H]1CCN(C[C@H]2CCOC2)C1. The second-order valence-electron chi connectivity index (χ2n) is 7.17. The fourth-order valence-electron chi connectivity index (χ4n) is 3.61. The molecular weight excluding hydrogens is 280 g/mol. The molecule has 1 aromatic heterocycles. The van der Waals surface area contributed by atoms with Gasteiger partial charge < -0.3 is 14.2 Å². The number of hydrogen-bond donors (Lipinski definition) is 0. The molecule has 2 atom stereocenters. The van der Waals surface area contributed by atoms with Crippen molar-refractivity contribution in [1.82, 2.24) is 19.9 Å². The monoisotopic (exact) mass is 306 g/mol. The van der Waals surface area contributed by atoms with Gasteiger partial charge in [-0.15, -0.1) is 0 Å². The number of hydrogen-bond acceptors (Lipinski definition) is 6. The Hall–Kier alpha value is -0.980. The van der Waals surface area contributed by atoms with Gasteiger partial charge in [-0.1, -0.05) is 5.16 Å². The Morgan fingerprint density at radius 2 is 2.18 bits per heavy atom. The third kappa shape index (κ3) is 3.34. The summed E-state index contributed by atoms with van der Waals surface area (Å²) in [6, 6.07) is 0.602. The lowest BCUT2D eigenvalue weighted by Gasteiger charge is -2.24. The summed E-state index contributed by atoms with van der Waals surface area (Å²) in [5.74, 6) is 2.97. The summed E-state index contributed by atoms with van der Waals surface area (Å²) in [7, 11) is 2.18. The van der Waals surface area contributed by atoms with E-state index in [9.17, 15) is 0 Å². The quantitative estimate of drug-likeness (QED) is 0.794. The summed E-state index contributed by atoms with van der Waals surface area (Å²) in [6.45, 7) is 6.23. The second-order valence-corrected chi connectivity index (χ2v) is 7.17. The van der Waals surface area contributed by atoms with Gasteiger partial charge in [0.25, 0.3) is 0 Å². The maximum absolute atomic E-state index is 5.48. The van der Waals surface area contributed by atoms with Crippen LogP contribution in [0.3, 0.4) is 0 Å². The van der Waals surface area contributed by atoms with Crippen LogP contribution in [-0.2, 0) is 11.3 Å². The summed E-state index contributed by atoms with van der Waals surface area (Å²) in [4.78, 5) is 9.51. The van der Waals surface area contributed by atoms with Gasteiger partial charge in [0.1, 0.15) is 0 Å². The van der Waals surface area contributed by atoms with Crippen molar-refractivity contribution < 1.29 is 9.26 Å². The number of aromatic nitrogens is 2. The molecule has 0 spiro atoms. The van der Waals surface area contributed by atoms with Gasteiger partial charge in [0.2, 0.25) is 5.89 Å². The van der Waals surface area contributed by atoms with Gasteiger partial charge in [0.05, 0.1) is 13.2 Å². The maximum Gasteiger partial charge on any atom is 0.229 e. The van der Waals surface area contributed by atoms with Crippen LogP contribution in [-0.4, -0.2) is 65.9 Å². The van der Waals surface area contributed by atoms with Crippen molar-refractivity contribution in [2.75, 3.05) is 39.9 Å². The Morgan fingerprint density at radius 1 is 1.27 bits per heavy atom. The fourth-order valence-corrected chi connectivity index (χ4v) is 3.61. The van der Waals surface area contributed by atoms with Gasteiger partial charge in [0, 0.05) is 31.7 Å². The summed E-state index contributed by atoms with van der Waals surface area (Å²) in [6.07, 6.45) is 4.88. The molecule has 122 valence electrons. The van der Waals surface area contributed by atoms with E-state index in [1.165, 1.54) is 38.8 Å². The van der Waals surface area contributed by atoms with Crippen molar-refractivity contribution in [3.8, 4) is 0 Å². The van der Waals surface area contributed by atoms with Crippen molar-refractivity contribution in [3.63, 3.8) is 0 Å². The second kappa shape index (κ2) is 6.26. The van der Waals surface area contributed by atoms with Crippen molar-refractivity contribution in [1.29, 1.82) is 0 Å². The topological polar surface area (TPSA) is 54.6 Å². The van der Waals surface area contributed by atoms with E-state index in [-0.39, 0.29) is 0 Å². The first-order chi connectivity index (χ1) is 10.8. The highest BCUT2D eigenvalue weighted by Gasteiger charge is 2.31. The maximum atomic E-state index is 5.48. The molecular formula is C16H26N4O2.